The predicted octanol–water partition coefficient (Wildman–Crippen LogP) is 3.56. The summed E-state index contributed by atoms with van der Waals surface area (Å²) >= 11 is 4.76. The molecule has 0 radical (unpaired) electrons. The predicted molar refractivity (Wildman–Crippen MR) is 85.6 cm³/mol. The molecule has 2 nitrogen and oxygen atoms in total. The summed E-state index contributed by atoms with van der Waals surface area (Å²) in [6.07, 6.45) is 0.727. The van der Waals surface area contributed by atoms with E-state index in [1.165, 1.54) is 18.2 Å². The number of anilines is 1. The summed E-state index contributed by atoms with van der Waals surface area (Å²) in [5.74, 6) is -0.676. The minimum Gasteiger partial charge on any atom is -0.389 e. The molecule has 0 atom stereocenters. The Bertz CT molecular complexity index is 671. The van der Waals surface area contributed by atoms with Gasteiger partial charge in [-0.3, -0.25) is 0 Å². The number of hydrogen-bond acceptors (Lipinski definition) is 2. The van der Waals surface area contributed by atoms with Crippen LogP contribution in [0.5, 0.6) is 0 Å². The number of hydrogen-bond donors (Lipinski definition) is 2. The van der Waals surface area contributed by atoms with E-state index < -0.39 is 5.82 Å². The van der Waals surface area contributed by atoms with E-state index in [4.69, 9.17) is 18.0 Å². The molecule has 0 amide bonds. The van der Waals surface area contributed by atoms with Crippen LogP contribution >= 0.6 is 12.2 Å². The molecule has 0 aliphatic rings. The van der Waals surface area contributed by atoms with Gasteiger partial charge in [0.05, 0.1) is 0 Å². The Labute approximate surface area is 128 Å². The number of aryl methyl sites for hydroxylation is 1. The maximum atomic E-state index is 13.7. The van der Waals surface area contributed by atoms with Crippen molar-refractivity contribution in [1.82, 2.24) is 0 Å². The fraction of sp³-hybridized carbons (Fsp3) is 0.188. The molecule has 2 aromatic rings. The number of nitrogens with two attached hydrogens (primary N) is 1. The number of halogens is 2. The van der Waals surface area contributed by atoms with E-state index in [2.05, 4.69) is 5.32 Å². The first kappa shape index (κ1) is 15.4. The smallest absolute Gasteiger partial charge is 0.135 e. The van der Waals surface area contributed by atoms with Crippen LogP contribution in [0.25, 0.3) is 0 Å². The maximum absolute atomic E-state index is 13.7. The van der Waals surface area contributed by atoms with Crippen molar-refractivity contribution in [3.8, 4) is 0 Å². The second-order valence-corrected chi connectivity index (χ2v) is 5.25. The van der Waals surface area contributed by atoms with Gasteiger partial charge in [-0.25, -0.2) is 8.78 Å². The Morgan fingerprint density at radius 1 is 1.19 bits per heavy atom. The van der Waals surface area contributed by atoms with Gasteiger partial charge in [-0.1, -0.05) is 18.3 Å². The summed E-state index contributed by atoms with van der Waals surface area (Å²) < 4.78 is 26.7. The lowest BCUT2D eigenvalue weighted by Gasteiger charge is -2.10. The van der Waals surface area contributed by atoms with Crippen LogP contribution in [0.15, 0.2) is 36.4 Å². The van der Waals surface area contributed by atoms with Gasteiger partial charge in [0.2, 0.25) is 0 Å². The van der Waals surface area contributed by atoms with Crippen molar-refractivity contribution in [2.75, 3.05) is 11.9 Å². The largest absolute Gasteiger partial charge is 0.389 e. The number of thiocarbonyl (C=S) groups is 1. The average Bonchev–Trinajstić information content (AvgIpc) is 2.41. The molecule has 0 aliphatic heterocycles. The fourth-order valence-corrected chi connectivity index (χ4v) is 2.27. The molecule has 0 fully saturated rings. The quantitative estimate of drug-likeness (QED) is 0.830. The Morgan fingerprint density at radius 2 is 1.95 bits per heavy atom. The molecule has 0 heterocycles. The molecule has 0 unspecified atom stereocenters. The van der Waals surface area contributed by atoms with Crippen molar-refractivity contribution >= 4 is 22.9 Å². The molecule has 0 spiro atoms. The zero-order valence-corrected chi connectivity index (χ0v) is 12.4. The Balaban J connectivity index is 1.97. The van der Waals surface area contributed by atoms with Crippen LogP contribution in [-0.4, -0.2) is 11.5 Å². The Kier molecular flexibility index (Phi) is 4.85. The maximum Gasteiger partial charge on any atom is 0.135 e. The molecular formula is C16H16F2N2S. The normalized spacial score (nSPS) is 10.4. The minimum absolute atomic E-state index is 0.0426. The molecule has 2 aromatic carbocycles. The Morgan fingerprint density at radius 3 is 2.57 bits per heavy atom. The first-order chi connectivity index (χ1) is 9.97. The van der Waals surface area contributed by atoms with Crippen LogP contribution in [0.2, 0.25) is 0 Å². The monoisotopic (exact) mass is 306 g/mol. The summed E-state index contributed by atoms with van der Waals surface area (Å²) in [5.41, 5.74) is 8.28. The summed E-state index contributed by atoms with van der Waals surface area (Å²) in [6, 6.07) is 9.37. The summed E-state index contributed by atoms with van der Waals surface area (Å²) in [4.78, 5) is 0.0426. The van der Waals surface area contributed by atoms with Crippen LogP contribution < -0.4 is 11.1 Å². The SMILES string of the molecule is Cc1cc(F)ccc1CCNc1ccc(C(N)=S)c(F)c1. The molecule has 3 N–H and O–H groups in total. The first-order valence-corrected chi connectivity index (χ1v) is 6.96. The number of benzene rings is 2. The van der Waals surface area contributed by atoms with Gasteiger partial charge < -0.3 is 11.1 Å². The highest BCUT2D eigenvalue weighted by molar-refractivity contribution is 7.80. The van der Waals surface area contributed by atoms with Crippen molar-refractivity contribution in [3.63, 3.8) is 0 Å². The molecule has 2 rings (SSSR count). The van der Waals surface area contributed by atoms with E-state index in [0.29, 0.717) is 12.2 Å². The molecule has 110 valence electrons. The molecule has 0 aromatic heterocycles. The van der Waals surface area contributed by atoms with Gasteiger partial charge in [0.1, 0.15) is 16.6 Å². The minimum atomic E-state index is -0.439. The molecule has 5 heteroatoms. The lowest BCUT2D eigenvalue weighted by Crippen LogP contribution is -2.12. The van der Waals surface area contributed by atoms with Gasteiger partial charge in [0.15, 0.2) is 0 Å². The molecule has 21 heavy (non-hydrogen) atoms. The van der Waals surface area contributed by atoms with E-state index in [9.17, 15) is 8.78 Å². The Hall–Kier alpha value is -2.01. The van der Waals surface area contributed by atoms with Gasteiger partial charge in [-0.2, -0.15) is 0 Å². The highest BCUT2D eigenvalue weighted by Crippen LogP contribution is 2.15. The summed E-state index contributed by atoms with van der Waals surface area (Å²) in [6.45, 7) is 2.49. The van der Waals surface area contributed by atoms with Crippen LogP contribution in [0.3, 0.4) is 0 Å². The number of rotatable bonds is 5. The van der Waals surface area contributed by atoms with Crippen molar-refractivity contribution in [2.45, 2.75) is 13.3 Å². The van der Waals surface area contributed by atoms with Crippen LogP contribution in [-0.2, 0) is 6.42 Å². The van der Waals surface area contributed by atoms with E-state index in [1.807, 2.05) is 6.92 Å². The van der Waals surface area contributed by atoms with E-state index in [-0.39, 0.29) is 16.4 Å². The third kappa shape index (κ3) is 3.98. The van der Waals surface area contributed by atoms with Crippen molar-refractivity contribution in [3.05, 3.63) is 64.7 Å². The fourth-order valence-electron chi connectivity index (χ4n) is 2.11. The summed E-state index contributed by atoms with van der Waals surface area (Å²) in [7, 11) is 0. The zero-order valence-electron chi connectivity index (χ0n) is 11.6. The van der Waals surface area contributed by atoms with Crippen LogP contribution in [0, 0.1) is 18.6 Å². The molecule has 0 saturated heterocycles. The molecule has 0 bridgehead atoms. The average molecular weight is 306 g/mol. The number of nitrogens with one attached hydrogen (secondary N) is 1. The second-order valence-electron chi connectivity index (χ2n) is 4.81. The van der Waals surface area contributed by atoms with Crippen molar-refractivity contribution in [2.24, 2.45) is 5.73 Å². The van der Waals surface area contributed by atoms with Crippen LogP contribution in [0.4, 0.5) is 14.5 Å². The topological polar surface area (TPSA) is 38.0 Å². The van der Waals surface area contributed by atoms with E-state index >= 15 is 0 Å². The second kappa shape index (κ2) is 6.63. The van der Waals surface area contributed by atoms with E-state index in [1.54, 1.807) is 18.2 Å². The van der Waals surface area contributed by atoms with Crippen LogP contribution in [0.1, 0.15) is 16.7 Å². The third-order valence-electron chi connectivity index (χ3n) is 3.26. The first-order valence-electron chi connectivity index (χ1n) is 6.55. The van der Waals surface area contributed by atoms with Crippen molar-refractivity contribution in [1.29, 1.82) is 0 Å². The third-order valence-corrected chi connectivity index (χ3v) is 3.48. The lowest BCUT2D eigenvalue weighted by atomic mass is 10.1. The van der Waals surface area contributed by atoms with Gasteiger partial charge in [-0.15, -0.1) is 0 Å². The van der Waals surface area contributed by atoms with Gasteiger partial charge >= 0.3 is 0 Å². The molecular weight excluding hydrogens is 290 g/mol. The lowest BCUT2D eigenvalue weighted by molar-refractivity contribution is 0.625. The van der Waals surface area contributed by atoms with E-state index in [0.717, 1.165) is 17.5 Å². The zero-order chi connectivity index (χ0) is 15.4. The molecule has 0 aliphatic carbocycles. The van der Waals surface area contributed by atoms with Gasteiger partial charge in [0, 0.05) is 17.8 Å². The van der Waals surface area contributed by atoms with Crippen molar-refractivity contribution < 1.29 is 8.78 Å². The highest BCUT2D eigenvalue weighted by atomic mass is 32.1. The van der Waals surface area contributed by atoms with Gasteiger partial charge in [0.25, 0.3) is 0 Å². The highest BCUT2D eigenvalue weighted by Gasteiger charge is 2.06. The standard InChI is InChI=1S/C16H16F2N2S/c1-10-8-12(17)3-2-11(10)6-7-20-13-4-5-14(16(19)21)15(18)9-13/h2-5,8-9,20H,6-7H2,1H3,(H2,19,21). The summed E-state index contributed by atoms with van der Waals surface area (Å²) in [5, 5.41) is 3.12. The molecule has 0 saturated carbocycles. The van der Waals surface area contributed by atoms with Gasteiger partial charge in [-0.05, 0) is 54.8 Å².